The van der Waals surface area contributed by atoms with Gasteiger partial charge in [0.05, 0.1) is 12.6 Å². The summed E-state index contributed by atoms with van der Waals surface area (Å²) >= 11 is 1.53. The Morgan fingerprint density at radius 3 is 2.11 bits per heavy atom. The second-order valence-electron chi connectivity index (χ2n) is 6.57. The van der Waals surface area contributed by atoms with Gasteiger partial charge in [0.25, 0.3) is 0 Å². The normalized spacial score (nSPS) is 16.2. The van der Waals surface area contributed by atoms with Gasteiger partial charge in [-0.3, -0.25) is 19.2 Å². The molecule has 0 rings (SSSR count). The van der Waals surface area contributed by atoms with E-state index in [9.17, 15) is 24.3 Å². The SMILES string of the molecule is CCC(C)C(NC(=O)C(CO)NC(=O)C(N)CCSC)C(=O)NC(C)C(=O)O. The molecule has 0 aromatic heterocycles. The highest BCUT2D eigenvalue weighted by molar-refractivity contribution is 7.98. The largest absolute Gasteiger partial charge is 0.480 e. The van der Waals surface area contributed by atoms with E-state index in [2.05, 4.69) is 16.0 Å². The lowest BCUT2D eigenvalue weighted by molar-refractivity contribution is -0.142. The molecule has 0 aromatic carbocycles. The number of aliphatic hydroxyl groups excluding tert-OH is 1. The van der Waals surface area contributed by atoms with E-state index in [1.54, 1.807) is 6.92 Å². The van der Waals surface area contributed by atoms with Gasteiger partial charge in [-0.25, -0.2) is 0 Å². The summed E-state index contributed by atoms with van der Waals surface area (Å²) < 4.78 is 0. The van der Waals surface area contributed by atoms with Crippen molar-refractivity contribution < 1.29 is 29.4 Å². The van der Waals surface area contributed by atoms with Crippen LogP contribution in [-0.2, 0) is 19.2 Å². The number of nitrogens with one attached hydrogen (secondary N) is 3. The summed E-state index contributed by atoms with van der Waals surface area (Å²) in [5.74, 6) is -2.82. The van der Waals surface area contributed by atoms with Crippen LogP contribution in [-0.4, -0.2) is 76.7 Å². The van der Waals surface area contributed by atoms with E-state index < -0.39 is 54.5 Å². The molecule has 0 aliphatic heterocycles. The lowest BCUT2D eigenvalue weighted by atomic mass is 9.97. The number of carboxylic acid groups (broad SMARTS) is 1. The van der Waals surface area contributed by atoms with Crippen molar-refractivity contribution in [2.45, 2.75) is 57.8 Å². The van der Waals surface area contributed by atoms with Crippen LogP contribution in [0.2, 0.25) is 0 Å². The third-order valence-electron chi connectivity index (χ3n) is 4.31. The van der Waals surface area contributed by atoms with Crippen molar-refractivity contribution in [1.29, 1.82) is 0 Å². The molecule has 162 valence electrons. The van der Waals surface area contributed by atoms with Gasteiger partial charge < -0.3 is 31.9 Å². The Morgan fingerprint density at radius 2 is 1.64 bits per heavy atom. The predicted molar refractivity (Wildman–Crippen MR) is 107 cm³/mol. The number of hydrogen-bond donors (Lipinski definition) is 6. The molecule has 0 aromatic rings. The van der Waals surface area contributed by atoms with E-state index in [0.717, 1.165) is 0 Å². The Hall–Kier alpha value is -1.85. The van der Waals surface area contributed by atoms with E-state index in [1.165, 1.54) is 18.7 Å². The number of aliphatic hydroxyl groups is 1. The number of amides is 3. The zero-order chi connectivity index (χ0) is 21.9. The van der Waals surface area contributed by atoms with E-state index in [4.69, 9.17) is 10.8 Å². The first-order chi connectivity index (χ1) is 13.1. The van der Waals surface area contributed by atoms with Crippen LogP contribution in [0.4, 0.5) is 0 Å². The van der Waals surface area contributed by atoms with Crippen molar-refractivity contribution in [3.63, 3.8) is 0 Å². The lowest BCUT2D eigenvalue weighted by Gasteiger charge is -2.27. The Bertz CT molecular complexity index is 548. The molecule has 0 aliphatic carbocycles. The van der Waals surface area contributed by atoms with Crippen LogP contribution in [0, 0.1) is 5.92 Å². The van der Waals surface area contributed by atoms with Crippen LogP contribution in [0.1, 0.15) is 33.6 Å². The average molecular weight is 421 g/mol. The summed E-state index contributed by atoms with van der Waals surface area (Å²) in [6.45, 7) is 4.17. The van der Waals surface area contributed by atoms with E-state index in [-0.39, 0.29) is 5.92 Å². The highest BCUT2D eigenvalue weighted by atomic mass is 32.2. The van der Waals surface area contributed by atoms with Crippen LogP contribution in [0.3, 0.4) is 0 Å². The maximum absolute atomic E-state index is 12.5. The zero-order valence-electron chi connectivity index (χ0n) is 16.7. The minimum Gasteiger partial charge on any atom is -0.480 e. The van der Waals surface area contributed by atoms with Crippen LogP contribution in [0.15, 0.2) is 0 Å². The van der Waals surface area contributed by atoms with Gasteiger partial charge in [-0.1, -0.05) is 20.3 Å². The fraction of sp³-hybridized carbons (Fsp3) is 0.765. The van der Waals surface area contributed by atoms with Gasteiger partial charge in [-0.15, -0.1) is 0 Å². The zero-order valence-corrected chi connectivity index (χ0v) is 17.5. The van der Waals surface area contributed by atoms with Gasteiger partial charge in [0.1, 0.15) is 18.1 Å². The third-order valence-corrected chi connectivity index (χ3v) is 4.95. The summed E-state index contributed by atoms with van der Waals surface area (Å²) in [5, 5.41) is 25.6. The van der Waals surface area contributed by atoms with Crippen molar-refractivity contribution in [2.75, 3.05) is 18.6 Å². The predicted octanol–water partition coefficient (Wildman–Crippen LogP) is -1.34. The summed E-state index contributed by atoms with van der Waals surface area (Å²) in [4.78, 5) is 47.9. The minimum absolute atomic E-state index is 0.302. The maximum Gasteiger partial charge on any atom is 0.325 e. The van der Waals surface area contributed by atoms with Gasteiger partial charge in [0.2, 0.25) is 17.7 Å². The number of carbonyl (C=O) groups excluding carboxylic acids is 3. The van der Waals surface area contributed by atoms with Crippen LogP contribution >= 0.6 is 11.8 Å². The van der Waals surface area contributed by atoms with E-state index in [0.29, 0.717) is 18.6 Å². The highest BCUT2D eigenvalue weighted by Gasteiger charge is 2.31. The number of rotatable bonds is 13. The Balaban J connectivity index is 5.08. The molecule has 0 radical (unpaired) electrons. The monoisotopic (exact) mass is 420 g/mol. The molecule has 0 heterocycles. The first-order valence-corrected chi connectivity index (χ1v) is 10.5. The molecule has 5 atom stereocenters. The fourth-order valence-corrected chi connectivity index (χ4v) is 2.66. The summed E-state index contributed by atoms with van der Waals surface area (Å²) in [6.07, 6.45) is 2.83. The first-order valence-electron chi connectivity index (χ1n) is 9.08. The third kappa shape index (κ3) is 8.89. The molecule has 3 amide bonds. The molecule has 0 fully saturated rings. The standard InChI is InChI=1S/C17H32N4O6S/c1-5-9(2)13(16(25)19-10(3)17(26)27)21-15(24)12(8-22)20-14(23)11(18)6-7-28-4/h9-13,22H,5-8,18H2,1-4H3,(H,19,25)(H,20,23)(H,21,24)(H,26,27). The van der Waals surface area contributed by atoms with Crippen molar-refractivity contribution in [1.82, 2.24) is 16.0 Å². The highest BCUT2D eigenvalue weighted by Crippen LogP contribution is 2.09. The topological polar surface area (TPSA) is 171 Å². The van der Waals surface area contributed by atoms with E-state index >= 15 is 0 Å². The van der Waals surface area contributed by atoms with Crippen molar-refractivity contribution in [3.8, 4) is 0 Å². The number of nitrogens with two attached hydrogens (primary N) is 1. The number of thioether (sulfide) groups is 1. The molecule has 0 saturated carbocycles. The van der Waals surface area contributed by atoms with Crippen molar-refractivity contribution in [2.24, 2.45) is 11.7 Å². The molecule has 11 heteroatoms. The van der Waals surface area contributed by atoms with Crippen LogP contribution in [0.5, 0.6) is 0 Å². The molecular formula is C17H32N4O6S. The molecule has 10 nitrogen and oxygen atoms in total. The van der Waals surface area contributed by atoms with Gasteiger partial charge in [0.15, 0.2) is 0 Å². The maximum atomic E-state index is 12.5. The molecular weight excluding hydrogens is 388 g/mol. The molecule has 0 spiro atoms. The number of hydrogen-bond acceptors (Lipinski definition) is 7. The Kier molecular flexibility index (Phi) is 12.5. The van der Waals surface area contributed by atoms with Crippen LogP contribution in [0.25, 0.3) is 0 Å². The lowest BCUT2D eigenvalue weighted by Crippen LogP contribution is -2.59. The van der Waals surface area contributed by atoms with Crippen molar-refractivity contribution in [3.05, 3.63) is 0 Å². The summed E-state index contributed by atoms with van der Waals surface area (Å²) in [6, 6.07) is -4.24. The van der Waals surface area contributed by atoms with Gasteiger partial charge in [0, 0.05) is 0 Å². The second-order valence-corrected chi connectivity index (χ2v) is 7.56. The van der Waals surface area contributed by atoms with Gasteiger partial charge in [-0.05, 0) is 31.3 Å². The molecule has 5 unspecified atom stereocenters. The molecule has 0 saturated heterocycles. The summed E-state index contributed by atoms with van der Waals surface area (Å²) in [5.41, 5.74) is 5.75. The molecule has 0 aliphatic rings. The number of carboxylic acids is 1. The molecule has 28 heavy (non-hydrogen) atoms. The summed E-state index contributed by atoms with van der Waals surface area (Å²) in [7, 11) is 0. The average Bonchev–Trinajstić information content (AvgIpc) is 2.66. The fourth-order valence-electron chi connectivity index (χ4n) is 2.17. The van der Waals surface area contributed by atoms with Crippen molar-refractivity contribution >= 4 is 35.5 Å². The van der Waals surface area contributed by atoms with E-state index in [1.807, 2.05) is 13.2 Å². The smallest absolute Gasteiger partial charge is 0.325 e. The molecule has 7 N–H and O–H groups in total. The van der Waals surface area contributed by atoms with Gasteiger partial charge >= 0.3 is 5.97 Å². The number of carbonyl (C=O) groups is 4. The molecule has 0 bridgehead atoms. The Labute approximate surface area is 169 Å². The first kappa shape index (κ1) is 26.1. The second kappa shape index (κ2) is 13.3. The van der Waals surface area contributed by atoms with Gasteiger partial charge in [-0.2, -0.15) is 11.8 Å². The quantitative estimate of drug-likeness (QED) is 0.213. The Morgan fingerprint density at radius 1 is 1.04 bits per heavy atom. The minimum atomic E-state index is -1.27. The van der Waals surface area contributed by atoms with Crippen LogP contribution < -0.4 is 21.7 Å². The number of aliphatic carboxylic acids is 1.